The normalized spacial score (nSPS) is 10.4. The second-order valence-electron chi connectivity index (χ2n) is 4.50. The highest BCUT2D eigenvalue weighted by molar-refractivity contribution is 6.30. The SMILES string of the molecule is COc1ccc(C(=O)Cc2cccc(Cl)c2F)cc1C. The number of carbonyl (C=O) groups is 1. The van der Waals surface area contributed by atoms with E-state index in [1.807, 2.05) is 6.92 Å². The third-order valence-electron chi connectivity index (χ3n) is 3.10. The van der Waals surface area contributed by atoms with E-state index >= 15 is 0 Å². The number of hydrogen-bond acceptors (Lipinski definition) is 2. The second kappa shape index (κ2) is 6.06. The van der Waals surface area contributed by atoms with Crippen molar-refractivity contribution in [2.75, 3.05) is 7.11 Å². The first-order chi connectivity index (χ1) is 9.52. The summed E-state index contributed by atoms with van der Waals surface area (Å²) in [5, 5.41) is 0.0289. The summed E-state index contributed by atoms with van der Waals surface area (Å²) in [4.78, 5) is 12.2. The molecule has 0 aliphatic carbocycles. The van der Waals surface area contributed by atoms with Crippen LogP contribution in [-0.2, 0) is 6.42 Å². The van der Waals surface area contributed by atoms with Crippen molar-refractivity contribution in [2.24, 2.45) is 0 Å². The van der Waals surface area contributed by atoms with Crippen molar-refractivity contribution in [3.63, 3.8) is 0 Å². The first-order valence-electron chi connectivity index (χ1n) is 6.13. The molecule has 0 aliphatic heterocycles. The predicted octanol–water partition coefficient (Wildman–Crippen LogP) is 4.22. The second-order valence-corrected chi connectivity index (χ2v) is 4.90. The minimum Gasteiger partial charge on any atom is -0.496 e. The number of hydrogen-bond donors (Lipinski definition) is 0. The molecule has 0 saturated carbocycles. The first-order valence-corrected chi connectivity index (χ1v) is 6.51. The third-order valence-corrected chi connectivity index (χ3v) is 3.39. The van der Waals surface area contributed by atoms with Crippen molar-refractivity contribution in [3.8, 4) is 5.75 Å². The van der Waals surface area contributed by atoms with Crippen LogP contribution in [0.15, 0.2) is 36.4 Å². The summed E-state index contributed by atoms with van der Waals surface area (Å²) in [6.45, 7) is 1.86. The van der Waals surface area contributed by atoms with Gasteiger partial charge in [-0.05, 0) is 42.3 Å². The Labute approximate surface area is 122 Å². The van der Waals surface area contributed by atoms with E-state index in [2.05, 4.69) is 0 Å². The lowest BCUT2D eigenvalue weighted by molar-refractivity contribution is 0.0991. The summed E-state index contributed by atoms with van der Waals surface area (Å²) in [5.41, 5.74) is 1.70. The van der Waals surface area contributed by atoms with Crippen molar-refractivity contribution in [2.45, 2.75) is 13.3 Å². The molecule has 2 nitrogen and oxygen atoms in total. The molecule has 104 valence electrons. The van der Waals surface area contributed by atoms with Gasteiger partial charge < -0.3 is 4.74 Å². The number of benzene rings is 2. The van der Waals surface area contributed by atoms with Gasteiger partial charge in [0.25, 0.3) is 0 Å². The number of methoxy groups -OCH3 is 1. The van der Waals surface area contributed by atoms with E-state index in [1.165, 1.54) is 6.07 Å². The van der Waals surface area contributed by atoms with Crippen molar-refractivity contribution in [3.05, 3.63) is 63.9 Å². The largest absolute Gasteiger partial charge is 0.496 e. The molecule has 0 amide bonds. The van der Waals surface area contributed by atoms with Crippen LogP contribution in [0, 0.1) is 12.7 Å². The summed E-state index contributed by atoms with van der Waals surface area (Å²) in [6.07, 6.45) is -0.0157. The lowest BCUT2D eigenvalue weighted by atomic mass is 10.0. The number of rotatable bonds is 4. The van der Waals surface area contributed by atoms with Gasteiger partial charge in [-0.2, -0.15) is 0 Å². The fraction of sp³-hybridized carbons (Fsp3) is 0.188. The number of ether oxygens (including phenoxy) is 1. The van der Waals surface area contributed by atoms with Gasteiger partial charge in [0.2, 0.25) is 0 Å². The molecule has 0 unspecified atom stereocenters. The molecule has 0 radical (unpaired) electrons. The predicted molar refractivity (Wildman–Crippen MR) is 77.2 cm³/mol. The lowest BCUT2D eigenvalue weighted by Crippen LogP contribution is -2.06. The van der Waals surface area contributed by atoms with Gasteiger partial charge in [-0.1, -0.05) is 23.7 Å². The van der Waals surface area contributed by atoms with Gasteiger partial charge in [0.1, 0.15) is 11.6 Å². The molecule has 0 N–H and O–H groups in total. The number of aryl methyl sites for hydroxylation is 1. The summed E-state index contributed by atoms with van der Waals surface area (Å²) in [6, 6.07) is 9.81. The Morgan fingerprint density at radius 3 is 2.70 bits per heavy atom. The molecule has 0 aromatic heterocycles. The van der Waals surface area contributed by atoms with Crippen LogP contribution in [0.1, 0.15) is 21.5 Å². The topological polar surface area (TPSA) is 26.3 Å². The average Bonchev–Trinajstić information content (AvgIpc) is 2.43. The van der Waals surface area contributed by atoms with Crippen LogP contribution in [0.4, 0.5) is 4.39 Å². The van der Waals surface area contributed by atoms with E-state index in [4.69, 9.17) is 16.3 Å². The fourth-order valence-corrected chi connectivity index (χ4v) is 2.21. The number of carbonyl (C=O) groups excluding carboxylic acids is 1. The highest BCUT2D eigenvalue weighted by Gasteiger charge is 2.13. The molecule has 0 bridgehead atoms. The van der Waals surface area contributed by atoms with Gasteiger partial charge in [-0.3, -0.25) is 4.79 Å². The van der Waals surface area contributed by atoms with Gasteiger partial charge in [0.05, 0.1) is 12.1 Å². The van der Waals surface area contributed by atoms with E-state index in [9.17, 15) is 9.18 Å². The highest BCUT2D eigenvalue weighted by Crippen LogP contribution is 2.22. The minimum absolute atomic E-state index is 0.0157. The van der Waals surface area contributed by atoms with Gasteiger partial charge in [-0.15, -0.1) is 0 Å². The molecule has 2 aromatic carbocycles. The molecular weight excluding hydrogens is 279 g/mol. The third kappa shape index (κ3) is 2.99. The van der Waals surface area contributed by atoms with Crippen LogP contribution in [0.5, 0.6) is 5.75 Å². The Kier molecular flexibility index (Phi) is 4.40. The van der Waals surface area contributed by atoms with Crippen molar-refractivity contribution in [1.82, 2.24) is 0 Å². The lowest BCUT2D eigenvalue weighted by Gasteiger charge is -2.08. The summed E-state index contributed by atoms with van der Waals surface area (Å²) < 4.78 is 18.9. The molecule has 2 aromatic rings. The van der Waals surface area contributed by atoms with E-state index in [-0.39, 0.29) is 17.2 Å². The van der Waals surface area contributed by atoms with Crippen LogP contribution in [-0.4, -0.2) is 12.9 Å². The molecule has 0 saturated heterocycles. The Bertz CT molecular complexity index is 653. The van der Waals surface area contributed by atoms with Gasteiger partial charge >= 0.3 is 0 Å². The van der Waals surface area contributed by atoms with Crippen LogP contribution in [0.25, 0.3) is 0 Å². The smallest absolute Gasteiger partial charge is 0.167 e. The van der Waals surface area contributed by atoms with Crippen LogP contribution in [0.2, 0.25) is 5.02 Å². The maximum Gasteiger partial charge on any atom is 0.167 e. The summed E-state index contributed by atoms with van der Waals surface area (Å²) >= 11 is 5.71. The zero-order chi connectivity index (χ0) is 14.7. The Morgan fingerprint density at radius 1 is 1.30 bits per heavy atom. The molecule has 0 aliphatic rings. The average molecular weight is 293 g/mol. The highest BCUT2D eigenvalue weighted by atomic mass is 35.5. The Morgan fingerprint density at radius 2 is 2.05 bits per heavy atom. The molecule has 0 heterocycles. The Balaban J connectivity index is 2.24. The van der Waals surface area contributed by atoms with Crippen LogP contribution >= 0.6 is 11.6 Å². The summed E-state index contributed by atoms with van der Waals surface area (Å²) in [7, 11) is 1.57. The molecule has 0 atom stereocenters. The fourth-order valence-electron chi connectivity index (χ4n) is 2.01. The van der Waals surface area contributed by atoms with Crippen molar-refractivity contribution < 1.29 is 13.9 Å². The van der Waals surface area contributed by atoms with Gasteiger partial charge in [-0.25, -0.2) is 4.39 Å². The van der Waals surface area contributed by atoms with E-state index in [0.717, 1.165) is 11.3 Å². The van der Waals surface area contributed by atoms with Crippen LogP contribution < -0.4 is 4.74 Å². The molecule has 0 spiro atoms. The number of halogens is 2. The zero-order valence-corrected chi connectivity index (χ0v) is 12.0. The first kappa shape index (κ1) is 14.5. The number of Topliss-reactive ketones (excluding diaryl/α,β-unsaturated/α-hetero) is 1. The molecular formula is C16H14ClFO2. The quantitative estimate of drug-likeness (QED) is 0.789. The monoisotopic (exact) mass is 292 g/mol. The zero-order valence-electron chi connectivity index (χ0n) is 11.2. The van der Waals surface area contributed by atoms with E-state index < -0.39 is 5.82 Å². The minimum atomic E-state index is -0.534. The van der Waals surface area contributed by atoms with Crippen molar-refractivity contribution >= 4 is 17.4 Å². The molecule has 4 heteroatoms. The van der Waals surface area contributed by atoms with Crippen molar-refractivity contribution in [1.29, 1.82) is 0 Å². The molecule has 2 rings (SSSR count). The standard InChI is InChI=1S/C16H14ClFO2/c1-10-8-11(6-7-15(10)20-2)14(19)9-12-4-3-5-13(17)16(12)18/h3-8H,9H2,1-2H3. The molecule has 20 heavy (non-hydrogen) atoms. The van der Waals surface area contributed by atoms with Crippen LogP contribution in [0.3, 0.4) is 0 Å². The molecule has 0 fully saturated rings. The van der Waals surface area contributed by atoms with E-state index in [0.29, 0.717) is 11.1 Å². The van der Waals surface area contributed by atoms with Gasteiger partial charge in [0, 0.05) is 12.0 Å². The number of ketones is 1. The van der Waals surface area contributed by atoms with E-state index in [1.54, 1.807) is 37.4 Å². The van der Waals surface area contributed by atoms with Gasteiger partial charge in [0.15, 0.2) is 5.78 Å². The maximum absolute atomic E-state index is 13.8. The summed E-state index contributed by atoms with van der Waals surface area (Å²) in [5.74, 6) is 0.0279. The maximum atomic E-state index is 13.8. The Hall–Kier alpha value is -1.87.